The highest BCUT2D eigenvalue weighted by Crippen LogP contribution is 2.32. The van der Waals surface area contributed by atoms with Gasteiger partial charge >= 0.3 is 6.18 Å². The van der Waals surface area contributed by atoms with Crippen LogP contribution >= 0.6 is 0 Å². The summed E-state index contributed by atoms with van der Waals surface area (Å²) in [6.45, 7) is 1.79. The van der Waals surface area contributed by atoms with Gasteiger partial charge in [0.25, 0.3) is 0 Å². The van der Waals surface area contributed by atoms with Crippen LogP contribution in [-0.4, -0.2) is 4.98 Å². The van der Waals surface area contributed by atoms with E-state index in [1.54, 1.807) is 19.1 Å². The number of alkyl halides is 3. The van der Waals surface area contributed by atoms with Crippen LogP contribution < -0.4 is 5.73 Å². The zero-order valence-corrected chi connectivity index (χ0v) is 9.62. The van der Waals surface area contributed by atoms with Gasteiger partial charge in [-0.2, -0.15) is 13.2 Å². The fourth-order valence-corrected chi connectivity index (χ4v) is 1.58. The summed E-state index contributed by atoms with van der Waals surface area (Å²) < 4.78 is 37.8. The van der Waals surface area contributed by atoms with Crippen molar-refractivity contribution >= 4 is 5.69 Å². The summed E-state index contributed by atoms with van der Waals surface area (Å²) in [5, 5.41) is 0. The molecule has 0 unspecified atom stereocenters. The molecule has 0 aliphatic heterocycles. The molecule has 0 atom stereocenters. The first kappa shape index (κ1) is 12.4. The van der Waals surface area contributed by atoms with Crippen molar-refractivity contribution in [2.24, 2.45) is 0 Å². The molecule has 1 heterocycles. The molecular weight excluding hydrogens is 241 g/mol. The second-order valence-corrected chi connectivity index (χ2v) is 4.00. The van der Waals surface area contributed by atoms with Crippen LogP contribution in [0.2, 0.25) is 0 Å². The van der Waals surface area contributed by atoms with Gasteiger partial charge in [0.2, 0.25) is 0 Å². The van der Waals surface area contributed by atoms with E-state index in [-0.39, 0.29) is 0 Å². The predicted octanol–water partition coefficient (Wildman–Crippen LogP) is 3.66. The van der Waals surface area contributed by atoms with Gasteiger partial charge in [0.15, 0.2) is 0 Å². The number of rotatable bonds is 1. The first-order valence-corrected chi connectivity index (χ1v) is 5.27. The number of pyridine rings is 1. The van der Waals surface area contributed by atoms with Crippen LogP contribution in [0, 0.1) is 6.92 Å². The van der Waals surface area contributed by atoms with Crippen molar-refractivity contribution in [1.82, 2.24) is 4.98 Å². The van der Waals surface area contributed by atoms with Gasteiger partial charge in [0, 0.05) is 5.56 Å². The number of anilines is 1. The van der Waals surface area contributed by atoms with Crippen molar-refractivity contribution in [2.45, 2.75) is 13.1 Å². The van der Waals surface area contributed by atoms with Crippen molar-refractivity contribution in [2.75, 3.05) is 5.73 Å². The number of benzene rings is 1. The Labute approximate surface area is 102 Å². The zero-order valence-electron chi connectivity index (χ0n) is 9.62. The molecule has 0 aliphatic carbocycles. The Balaban J connectivity index is 2.48. The second kappa shape index (κ2) is 4.33. The van der Waals surface area contributed by atoms with E-state index < -0.39 is 11.7 Å². The maximum Gasteiger partial charge on any atom is 0.416 e. The topological polar surface area (TPSA) is 38.9 Å². The summed E-state index contributed by atoms with van der Waals surface area (Å²) in [4.78, 5) is 4.04. The van der Waals surface area contributed by atoms with Gasteiger partial charge in [0.05, 0.1) is 23.1 Å². The molecule has 18 heavy (non-hydrogen) atoms. The summed E-state index contributed by atoms with van der Waals surface area (Å²) in [5.74, 6) is 0. The van der Waals surface area contributed by atoms with Crippen LogP contribution in [0.15, 0.2) is 36.5 Å². The minimum absolute atomic E-state index is 0.424. The molecule has 0 saturated carbocycles. The van der Waals surface area contributed by atoms with Crippen molar-refractivity contribution in [3.05, 3.63) is 47.7 Å². The van der Waals surface area contributed by atoms with E-state index in [1.807, 2.05) is 0 Å². The number of nitrogens with two attached hydrogens (primary N) is 1. The molecule has 0 spiro atoms. The molecule has 2 N–H and O–H groups in total. The van der Waals surface area contributed by atoms with Crippen molar-refractivity contribution < 1.29 is 13.2 Å². The molecule has 94 valence electrons. The summed E-state index contributed by atoms with van der Waals surface area (Å²) in [6.07, 6.45) is -2.90. The van der Waals surface area contributed by atoms with E-state index in [0.717, 1.165) is 17.7 Å². The maximum absolute atomic E-state index is 12.6. The number of aryl methyl sites for hydroxylation is 1. The van der Waals surface area contributed by atoms with E-state index in [4.69, 9.17) is 5.73 Å². The van der Waals surface area contributed by atoms with Gasteiger partial charge in [-0.25, -0.2) is 0 Å². The minimum Gasteiger partial charge on any atom is -0.397 e. The number of halogens is 3. The lowest BCUT2D eigenvalue weighted by Crippen LogP contribution is -2.04. The highest BCUT2D eigenvalue weighted by atomic mass is 19.4. The molecule has 0 saturated heterocycles. The molecule has 2 rings (SSSR count). The Morgan fingerprint density at radius 1 is 1.17 bits per heavy atom. The van der Waals surface area contributed by atoms with Gasteiger partial charge in [-0.3, -0.25) is 4.98 Å². The van der Waals surface area contributed by atoms with Gasteiger partial charge in [-0.1, -0.05) is 12.1 Å². The Morgan fingerprint density at radius 2 is 1.89 bits per heavy atom. The lowest BCUT2D eigenvalue weighted by atomic mass is 10.1. The molecule has 0 amide bonds. The van der Waals surface area contributed by atoms with Crippen molar-refractivity contribution in [3.8, 4) is 11.3 Å². The van der Waals surface area contributed by atoms with Crippen LogP contribution in [0.5, 0.6) is 0 Å². The zero-order chi connectivity index (χ0) is 13.3. The maximum atomic E-state index is 12.6. The minimum atomic E-state index is -4.35. The SMILES string of the molecule is Cc1cc(-c2cccc(C(F)(F)F)c2)ncc1N. The Hall–Kier alpha value is -2.04. The van der Waals surface area contributed by atoms with E-state index in [9.17, 15) is 13.2 Å². The molecule has 2 nitrogen and oxygen atoms in total. The number of hydrogen-bond donors (Lipinski definition) is 1. The van der Waals surface area contributed by atoms with Crippen LogP contribution in [0.3, 0.4) is 0 Å². The third-order valence-corrected chi connectivity index (χ3v) is 2.64. The standard InChI is InChI=1S/C13H11F3N2/c1-8-5-12(18-7-11(8)17)9-3-2-4-10(6-9)13(14,15)16/h2-7H,17H2,1H3. The first-order chi connectivity index (χ1) is 8.38. The molecule has 2 aromatic rings. The molecule has 5 heteroatoms. The molecule has 0 fully saturated rings. The summed E-state index contributed by atoms with van der Waals surface area (Å²) in [7, 11) is 0. The van der Waals surface area contributed by atoms with Crippen molar-refractivity contribution in [1.29, 1.82) is 0 Å². The fourth-order valence-electron chi connectivity index (χ4n) is 1.58. The molecule has 1 aromatic carbocycles. The van der Waals surface area contributed by atoms with Gasteiger partial charge in [-0.05, 0) is 30.7 Å². The van der Waals surface area contributed by atoms with Crippen molar-refractivity contribution in [3.63, 3.8) is 0 Å². The average Bonchev–Trinajstić information content (AvgIpc) is 2.32. The Kier molecular flexibility index (Phi) is 2.98. The van der Waals surface area contributed by atoms with E-state index in [2.05, 4.69) is 4.98 Å². The third kappa shape index (κ3) is 2.45. The van der Waals surface area contributed by atoms with Gasteiger partial charge < -0.3 is 5.73 Å². The van der Waals surface area contributed by atoms with E-state index in [1.165, 1.54) is 12.3 Å². The fraction of sp³-hybridized carbons (Fsp3) is 0.154. The largest absolute Gasteiger partial charge is 0.416 e. The smallest absolute Gasteiger partial charge is 0.397 e. The van der Waals surface area contributed by atoms with Crippen LogP contribution in [0.25, 0.3) is 11.3 Å². The molecule has 1 aromatic heterocycles. The second-order valence-electron chi connectivity index (χ2n) is 4.00. The van der Waals surface area contributed by atoms with Crippen LogP contribution in [0.1, 0.15) is 11.1 Å². The number of aromatic nitrogens is 1. The van der Waals surface area contributed by atoms with Crippen LogP contribution in [-0.2, 0) is 6.18 Å². The normalized spacial score (nSPS) is 11.6. The highest BCUT2D eigenvalue weighted by molar-refractivity contribution is 5.63. The summed E-state index contributed by atoms with van der Waals surface area (Å²) in [6, 6.07) is 6.75. The number of nitrogens with zero attached hydrogens (tertiary/aromatic N) is 1. The molecule has 0 radical (unpaired) electrons. The number of nitrogen functional groups attached to an aromatic ring is 1. The Bertz CT molecular complexity index is 577. The summed E-state index contributed by atoms with van der Waals surface area (Å²) >= 11 is 0. The average molecular weight is 252 g/mol. The Morgan fingerprint density at radius 3 is 2.50 bits per heavy atom. The van der Waals surface area contributed by atoms with Gasteiger partial charge in [-0.15, -0.1) is 0 Å². The third-order valence-electron chi connectivity index (χ3n) is 2.64. The van der Waals surface area contributed by atoms with Gasteiger partial charge in [0.1, 0.15) is 0 Å². The quantitative estimate of drug-likeness (QED) is 0.841. The molecule has 0 bridgehead atoms. The number of hydrogen-bond acceptors (Lipinski definition) is 2. The molecule has 0 aliphatic rings. The van der Waals surface area contributed by atoms with Crippen LogP contribution in [0.4, 0.5) is 18.9 Å². The monoisotopic (exact) mass is 252 g/mol. The lowest BCUT2D eigenvalue weighted by Gasteiger charge is -2.09. The predicted molar refractivity (Wildman–Crippen MR) is 63.8 cm³/mol. The first-order valence-electron chi connectivity index (χ1n) is 5.27. The summed E-state index contributed by atoms with van der Waals surface area (Å²) in [5.41, 5.74) is 7.15. The lowest BCUT2D eigenvalue weighted by molar-refractivity contribution is -0.137. The van der Waals surface area contributed by atoms with E-state index >= 15 is 0 Å². The van der Waals surface area contributed by atoms with E-state index in [0.29, 0.717) is 16.9 Å². The highest BCUT2D eigenvalue weighted by Gasteiger charge is 2.30. The molecular formula is C13H11F3N2.